The average molecular weight is 2360 g/mol. The highest BCUT2D eigenvalue weighted by molar-refractivity contribution is 14.1. The number of esters is 10. The van der Waals surface area contributed by atoms with E-state index in [-0.39, 0.29) is 28.7 Å². The van der Waals surface area contributed by atoms with Crippen molar-refractivity contribution in [3.8, 4) is 63.2 Å². The maximum absolute atomic E-state index is 12.8. The van der Waals surface area contributed by atoms with Crippen molar-refractivity contribution in [3.05, 3.63) is 321 Å². The normalized spacial score (nSPS) is 14.8. The van der Waals surface area contributed by atoms with Gasteiger partial charge in [-0.05, 0) is 388 Å². The summed E-state index contributed by atoms with van der Waals surface area (Å²) in [7, 11) is 13.4. The minimum atomic E-state index is -0.599. The number of phenols is 5. The molecule has 0 saturated carbocycles. The van der Waals surface area contributed by atoms with Crippen LogP contribution in [0.4, 0.5) is 0 Å². The van der Waals surface area contributed by atoms with E-state index in [9.17, 15) is 73.5 Å². The van der Waals surface area contributed by atoms with E-state index in [2.05, 4.69) is 0 Å². The summed E-state index contributed by atoms with van der Waals surface area (Å²) in [5.74, 6) is -2.72. The fourth-order valence-electron chi connectivity index (χ4n) is 19.7. The molecule has 8 aromatic carbocycles. The van der Waals surface area contributed by atoms with Crippen LogP contribution in [0.3, 0.4) is 0 Å². The van der Waals surface area contributed by atoms with E-state index in [1.807, 2.05) is 229 Å². The maximum atomic E-state index is 12.8. The minimum Gasteiger partial charge on any atom is -0.508 e. The van der Waals surface area contributed by atoms with E-state index in [1.54, 1.807) is 91.9 Å². The van der Waals surface area contributed by atoms with Gasteiger partial charge in [0.05, 0.1) is 81.8 Å². The number of halogens is 3. The molecule has 0 aliphatic heterocycles. The largest absolute Gasteiger partial charge is 0.508 e. The molecule has 0 saturated heterocycles. The first-order valence-electron chi connectivity index (χ1n) is 47.0. The lowest BCUT2D eigenvalue weighted by Crippen LogP contribution is -2.26. The number of rotatable bonds is 21. The topological polar surface area (TPSA) is 392 Å². The number of carbonyl (C=O) groups excluding carboxylic acids is 10. The molecule has 0 amide bonds. The van der Waals surface area contributed by atoms with Crippen molar-refractivity contribution in [1.82, 2.24) is 0 Å². The van der Waals surface area contributed by atoms with Gasteiger partial charge < -0.3 is 87.1 Å². The number of hydrogen-bond donors (Lipinski definition) is 5. The standard InChI is InChI=1S/C28H32O6.C27H30O6.C26H28O6.C18H18I2O5.C18H19IO5/c1-14-9-15(2)23(28(31)33-8)24(22(14)27(30)32-7)20-10-18(5)26(19(6)11-20)34-21-12-16(3)25(29)17(4)13-21;1-14-13-20(8-9-21(14)28)33-25-17(4)11-19(12-18(25)5)24-22(26(29)31-6)15(2)10-16(3)23(24)27(30)32-7;1-14-11-15(2)22(26(29)31-6)23(21(14)25(28)30-5)18-12-16(3)24(17(4)13-18)32-20-9-7-19(27)8-10-20;1-8-5-9(2)14(18(23)25-4)15(13(8)17(22)24-3)10-6-11(19)16(21)12(20)7-10;1-9-7-10(2)15(18(22)24-4)16(14(9)17(21)23-3)11-5-6-13(20)12(19)8-11/h10-13,24,29H,9H2,1-8H3;8-9,11-13,24,28H,10H2,1-7H3;7-10,12-13,23,27H,11H2,1-6H3;6-7,15,21H,5H2,1-4H3;5-6,8,16,20H,7H2,1-4H3. The zero-order chi connectivity index (χ0) is 110. The Morgan fingerprint density at radius 1 is 0.216 bits per heavy atom. The van der Waals surface area contributed by atoms with Crippen molar-refractivity contribution in [2.75, 3.05) is 71.1 Å². The Bertz CT molecular complexity index is 6710. The Labute approximate surface area is 904 Å². The highest BCUT2D eigenvalue weighted by Gasteiger charge is 2.44. The maximum Gasteiger partial charge on any atom is 0.334 e. The summed E-state index contributed by atoms with van der Waals surface area (Å²) in [6.07, 6.45) is 2.54. The Balaban J connectivity index is 0.000000207. The van der Waals surface area contributed by atoms with Crippen molar-refractivity contribution in [3.63, 3.8) is 0 Å². The zero-order valence-corrected chi connectivity index (χ0v) is 95.2. The molecule has 31 heteroatoms. The van der Waals surface area contributed by atoms with Crippen molar-refractivity contribution >= 4 is 127 Å². The van der Waals surface area contributed by atoms with Gasteiger partial charge >= 0.3 is 59.7 Å². The summed E-state index contributed by atoms with van der Waals surface area (Å²) in [4.78, 5) is 126. The van der Waals surface area contributed by atoms with Gasteiger partial charge in [0, 0.05) is 85.3 Å². The molecule has 0 aromatic heterocycles. The van der Waals surface area contributed by atoms with Crippen LogP contribution in [-0.4, -0.2) is 156 Å². The first-order valence-corrected chi connectivity index (χ1v) is 50.2. The van der Waals surface area contributed by atoms with Gasteiger partial charge in [-0.15, -0.1) is 0 Å². The second-order valence-electron chi connectivity index (χ2n) is 37.1. The van der Waals surface area contributed by atoms with Crippen LogP contribution in [0.15, 0.2) is 233 Å². The van der Waals surface area contributed by atoms with Crippen molar-refractivity contribution in [2.24, 2.45) is 0 Å². The molecular formula is C117H127I3O28. The van der Waals surface area contributed by atoms with Crippen LogP contribution in [0.1, 0.15) is 209 Å². The number of methoxy groups -OCH3 is 10. The summed E-state index contributed by atoms with van der Waals surface area (Å²) in [5.41, 5.74) is 24.4. The summed E-state index contributed by atoms with van der Waals surface area (Å²) in [5, 5.41) is 49.2. The first-order chi connectivity index (χ1) is 69.8. The molecule has 0 fully saturated rings. The van der Waals surface area contributed by atoms with Gasteiger partial charge in [0.1, 0.15) is 63.2 Å². The van der Waals surface area contributed by atoms with Gasteiger partial charge in [-0.3, -0.25) is 0 Å². The Hall–Kier alpha value is -13.6. The van der Waals surface area contributed by atoms with Gasteiger partial charge in [-0.25, -0.2) is 47.9 Å². The lowest BCUT2D eigenvalue weighted by atomic mass is 9.74. The average Bonchev–Trinajstić information content (AvgIpc) is 0.785. The fraction of sp³-hybridized carbons (Fsp3) is 0.333. The third-order valence-corrected chi connectivity index (χ3v) is 29.0. The van der Waals surface area contributed by atoms with Gasteiger partial charge in [0.2, 0.25) is 0 Å². The third-order valence-electron chi connectivity index (χ3n) is 26.4. The number of carbonyl (C=O) groups is 10. The molecule has 0 unspecified atom stereocenters. The molecule has 5 aliphatic carbocycles. The molecule has 5 N–H and O–H groups in total. The van der Waals surface area contributed by atoms with Crippen molar-refractivity contribution < 1.29 is 135 Å². The lowest BCUT2D eigenvalue weighted by molar-refractivity contribution is -0.138. The van der Waals surface area contributed by atoms with Crippen LogP contribution in [0, 0.1) is 73.0 Å². The Morgan fingerprint density at radius 3 is 0.655 bits per heavy atom. The molecule has 0 radical (unpaired) electrons. The number of aromatic hydroxyl groups is 5. The molecule has 0 bridgehead atoms. The SMILES string of the molecule is COC(=O)C1=C(C)CC(C)=C(C(=O)OC)C1c1cc(C)c(Oc2cc(C)c(O)c(C)c2)c(C)c1.COC(=O)C1=C(C)CC(C)=C(C(=O)OC)C1c1cc(C)c(Oc2ccc(O)c(C)c2)c(C)c1.COC(=O)C1=C(C)CC(C)=C(C(=O)OC)C1c1cc(C)c(Oc2ccc(O)cc2)c(C)c1.COC(=O)C1=C(C)CC(C)=C(C(=O)OC)C1c1cc(I)c(O)c(I)c1.COC(=O)C1=C(C)CC(C)=C(C(=O)OC)C1c1ccc(O)c(I)c1. The van der Waals surface area contributed by atoms with Crippen LogP contribution >= 0.6 is 67.8 Å². The van der Waals surface area contributed by atoms with Crippen LogP contribution in [0.2, 0.25) is 0 Å². The van der Waals surface area contributed by atoms with Gasteiger partial charge in [0.25, 0.3) is 0 Å². The number of benzene rings is 8. The van der Waals surface area contributed by atoms with Crippen LogP contribution in [0.5, 0.6) is 63.2 Å². The van der Waals surface area contributed by atoms with E-state index >= 15 is 0 Å². The number of allylic oxidation sites excluding steroid dienone is 10. The third kappa shape index (κ3) is 26.4. The highest BCUT2D eigenvalue weighted by Crippen LogP contribution is 2.52. The van der Waals surface area contributed by atoms with Crippen LogP contribution < -0.4 is 14.2 Å². The van der Waals surface area contributed by atoms with E-state index in [1.165, 1.54) is 71.1 Å². The molecule has 784 valence electrons. The fourth-order valence-corrected chi connectivity index (χ4v) is 22.1. The molecule has 28 nitrogen and oxygen atoms in total. The summed E-state index contributed by atoms with van der Waals surface area (Å²) < 4.78 is 70.6. The van der Waals surface area contributed by atoms with E-state index in [0.29, 0.717) is 139 Å². The predicted octanol–water partition coefficient (Wildman–Crippen LogP) is 24.3. The molecule has 8 aromatic rings. The van der Waals surface area contributed by atoms with E-state index in [0.717, 1.165) is 128 Å². The summed E-state index contributed by atoms with van der Waals surface area (Å²) >= 11 is 6.07. The molecule has 0 spiro atoms. The Kier molecular flexibility index (Phi) is 41.0. The molecule has 5 aliphatic rings. The number of aryl methyl sites for hydroxylation is 9. The van der Waals surface area contributed by atoms with Gasteiger partial charge in [-0.2, -0.15) is 0 Å². The molecule has 0 atom stereocenters. The zero-order valence-electron chi connectivity index (χ0n) is 88.7. The number of phenolic OH excluding ortho intramolecular Hbond substituents is 5. The lowest BCUT2D eigenvalue weighted by Gasteiger charge is -2.30. The van der Waals surface area contributed by atoms with Gasteiger partial charge in [0.15, 0.2) is 0 Å². The first kappa shape index (κ1) is 118. The van der Waals surface area contributed by atoms with Crippen molar-refractivity contribution in [2.45, 2.75) is 193 Å². The molecule has 0 heterocycles. The second-order valence-corrected chi connectivity index (χ2v) is 40.5. The van der Waals surface area contributed by atoms with E-state index in [4.69, 9.17) is 61.6 Å². The number of hydrogen-bond acceptors (Lipinski definition) is 28. The quantitative estimate of drug-likeness (QED) is 0.0253. The molecule has 13 rings (SSSR count). The molecule has 148 heavy (non-hydrogen) atoms. The van der Waals surface area contributed by atoms with Crippen molar-refractivity contribution in [1.29, 1.82) is 0 Å². The van der Waals surface area contributed by atoms with Crippen LogP contribution in [-0.2, 0) is 95.3 Å². The van der Waals surface area contributed by atoms with Gasteiger partial charge in [-0.1, -0.05) is 98.2 Å². The predicted molar refractivity (Wildman–Crippen MR) is 585 cm³/mol. The second kappa shape index (κ2) is 51.4. The Morgan fingerprint density at radius 2 is 0.419 bits per heavy atom. The summed E-state index contributed by atoms with van der Waals surface area (Å²) in [6, 6.07) is 35.3. The monoisotopic (exact) mass is 2360 g/mol. The minimum absolute atomic E-state index is 0.149. The smallest absolute Gasteiger partial charge is 0.334 e. The summed E-state index contributed by atoms with van der Waals surface area (Å²) in [6.45, 7) is 35.8. The van der Waals surface area contributed by atoms with E-state index < -0.39 is 89.3 Å². The number of ether oxygens (including phenoxy) is 13. The molecular weight excluding hydrogens is 2230 g/mol. The van der Waals surface area contributed by atoms with Crippen LogP contribution in [0.25, 0.3) is 0 Å². The highest BCUT2D eigenvalue weighted by atomic mass is 127.